The van der Waals surface area contributed by atoms with Gasteiger partial charge in [-0.2, -0.15) is 0 Å². The highest BCUT2D eigenvalue weighted by molar-refractivity contribution is 7.99. The molecule has 1 fully saturated rings. The van der Waals surface area contributed by atoms with E-state index >= 15 is 0 Å². The van der Waals surface area contributed by atoms with Crippen molar-refractivity contribution in [2.45, 2.75) is 50.5 Å². The molecule has 8 heteroatoms. The molecule has 0 bridgehead atoms. The second-order valence-corrected chi connectivity index (χ2v) is 9.80. The van der Waals surface area contributed by atoms with Gasteiger partial charge in [0.05, 0.1) is 23.8 Å². The SMILES string of the molecule is CCNC(=O)NCc1ccc(C2O[C@H](CSc3ccccn3)[C@H](C)[C@H](c3ccc(CO)cc3)O2)cc1. The van der Waals surface area contributed by atoms with Gasteiger partial charge in [0, 0.05) is 36.5 Å². The molecule has 7 nitrogen and oxygen atoms in total. The van der Waals surface area contributed by atoms with E-state index in [2.05, 4.69) is 22.5 Å². The molecular weight excluding hydrogens is 474 g/mol. The molecule has 4 atom stereocenters. The minimum absolute atomic E-state index is 0.0117. The summed E-state index contributed by atoms with van der Waals surface area (Å²) in [5, 5.41) is 16.0. The Labute approximate surface area is 216 Å². The number of ether oxygens (including phenoxy) is 2. The number of hydrogen-bond acceptors (Lipinski definition) is 6. The summed E-state index contributed by atoms with van der Waals surface area (Å²) >= 11 is 1.68. The van der Waals surface area contributed by atoms with Crippen molar-refractivity contribution in [3.63, 3.8) is 0 Å². The Balaban J connectivity index is 1.50. The lowest BCUT2D eigenvalue weighted by molar-refractivity contribution is -0.268. The van der Waals surface area contributed by atoms with Gasteiger partial charge < -0.3 is 25.2 Å². The summed E-state index contributed by atoms with van der Waals surface area (Å²) in [5.41, 5.74) is 3.85. The largest absolute Gasteiger partial charge is 0.392 e. The Bertz CT molecular complexity index is 1100. The van der Waals surface area contributed by atoms with E-state index in [9.17, 15) is 9.90 Å². The summed E-state index contributed by atoms with van der Waals surface area (Å²) in [6.45, 7) is 5.08. The highest BCUT2D eigenvalue weighted by Crippen LogP contribution is 2.42. The van der Waals surface area contributed by atoms with Crippen molar-refractivity contribution in [3.8, 4) is 0 Å². The Morgan fingerprint density at radius 3 is 2.36 bits per heavy atom. The van der Waals surface area contributed by atoms with Crippen molar-refractivity contribution in [2.24, 2.45) is 5.92 Å². The summed E-state index contributed by atoms with van der Waals surface area (Å²) in [7, 11) is 0. The van der Waals surface area contributed by atoms with E-state index in [1.807, 2.05) is 73.7 Å². The van der Waals surface area contributed by atoms with Crippen LogP contribution in [0.5, 0.6) is 0 Å². The molecule has 2 heterocycles. The molecule has 1 aliphatic heterocycles. The zero-order valence-corrected chi connectivity index (χ0v) is 21.4. The third kappa shape index (κ3) is 6.85. The van der Waals surface area contributed by atoms with Gasteiger partial charge in [-0.1, -0.05) is 61.5 Å². The molecule has 2 amide bonds. The van der Waals surface area contributed by atoms with Crippen molar-refractivity contribution in [3.05, 3.63) is 95.2 Å². The second-order valence-electron chi connectivity index (χ2n) is 8.76. The number of thioether (sulfide) groups is 1. The normalized spacial score (nSPS) is 21.6. The van der Waals surface area contributed by atoms with Crippen LogP contribution in [0, 0.1) is 5.92 Å². The van der Waals surface area contributed by atoms with Crippen LogP contribution < -0.4 is 10.6 Å². The predicted molar refractivity (Wildman–Crippen MR) is 140 cm³/mol. The quantitative estimate of drug-likeness (QED) is 0.354. The Hall–Kier alpha value is -2.91. The molecule has 0 spiro atoms. The molecule has 1 unspecified atom stereocenters. The monoisotopic (exact) mass is 507 g/mol. The Morgan fingerprint density at radius 1 is 0.972 bits per heavy atom. The van der Waals surface area contributed by atoms with Gasteiger partial charge >= 0.3 is 6.03 Å². The molecule has 3 N–H and O–H groups in total. The zero-order chi connectivity index (χ0) is 25.3. The van der Waals surface area contributed by atoms with Crippen LogP contribution >= 0.6 is 11.8 Å². The fourth-order valence-electron chi connectivity index (χ4n) is 4.11. The molecule has 0 saturated carbocycles. The van der Waals surface area contributed by atoms with Crippen LogP contribution in [0.3, 0.4) is 0 Å². The Morgan fingerprint density at radius 2 is 1.69 bits per heavy atom. The van der Waals surface area contributed by atoms with E-state index in [0.29, 0.717) is 13.1 Å². The van der Waals surface area contributed by atoms with Crippen molar-refractivity contribution >= 4 is 17.8 Å². The number of nitrogens with one attached hydrogen (secondary N) is 2. The van der Waals surface area contributed by atoms with Crippen molar-refractivity contribution in [1.29, 1.82) is 0 Å². The van der Waals surface area contributed by atoms with E-state index in [0.717, 1.165) is 33.0 Å². The van der Waals surface area contributed by atoms with Gasteiger partial charge in [0.1, 0.15) is 0 Å². The van der Waals surface area contributed by atoms with Crippen LogP contribution in [0.1, 0.15) is 48.5 Å². The van der Waals surface area contributed by atoms with Crippen LogP contribution in [-0.4, -0.2) is 34.5 Å². The average molecular weight is 508 g/mol. The van der Waals surface area contributed by atoms with Crippen LogP contribution in [-0.2, 0) is 22.6 Å². The van der Waals surface area contributed by atoms with Gasteiger partial charge in [-0.3, -0.25) is 0 Å². The first kappa shape index (κ1) is 26.2. The smallest absolute Gasteiger partial charge is 0.315 e. The zero-order valence-electron chi connectivity index (χ0n) is 20.6. The van der Waals surface area contributed by atoms with E-state index < -0.39 is 6.29 Å². The fourth-order valence-corrected chi connectivity index (χ4v) is 5.14. The summed E-state index contributed by atoms with van der Waals surface area (Å²) in [6, 6.07) is 21.6. The maximum absolute atomic E-state index is 11.7. The number of pyridine rings is 1. The van der Waals surface area contributed by atoms with Gasteiger partial charge in [0.15, 0.2) is 6.29 Å². The minimum atomic E-state index is -0.525. The Kier molecular flexibility index (Phi) is 9.35. The number of hydrogen-bond donors (Lipinski definition) is 3. The van der Waals surface area contributed by atoms with Crippen LogP contribution in [0.2, 0.25) is 0 Å². The summed E-state index contributed by atoms with van der Waals surface area (Å²) in [5.74, 6) is 0.857. The van der Waals surface area contributed by atoms with Gasteiger partial charge in [-0.15, -0.1) is 11.8 Å². The third-order valence-electron chi connectivity index (χ3n) is 6.20. The molecule has 1 aromatic heterocycles. The summed E-state index contributed by atoms with van der Waals surface area (Å²) < 4.78 is 13.0. The van der Waals surface area contributed by atoms with E-state index in [4.69, 9.17) is 9.47 Å². The molecule has 2 aromatic carbocycles. The van der Waals surface area contributed by atoms with Crippen LogP contribution in [0.25, 0.3) is 0 Å². The molecule has 1 saturated heterocycles. The lowest BCUT2D eigenvalue weighted by Crippen LogP contribution is -2.38. The number of aliphatic hydroxyl groups is 1. The van der Waals surface area contributed by atoms with Crippen LogP contribution in [0.15, 0.2) is 78.0 Å². The molecular formula is C28H33N3O4S. The number of nitrogens with zero attached hydrogens (tertiary/aromatic N) is 1. The molecule has 190 valence electrons. The number of aromatic nitrogens is 1. The average Bonchev–Trinajstić information content (AvgIpc) is 2.92. The number of aliphatic hydroxyl groups excluding tert-OH is 1. The fraction of sp³-hybridized carbons (Fsp3) is 0.357. The molecule has 36 heavy (non-hydrogen) atoms. The molecule has 1 aliphatic rings. The van der Waals surface area contributed by atoms with E-state index in [1.165, 1.54) is 0 Å². The highest BCUT2D eigenvalue weighted by Gasteiger charge is 2.38. The van der Waals surface area contributed by atoms with Gasteiger partial charge in [-0.25, -0.2) is 9.78 Å². The maximum atomic E-state index is 11.7. The second kappa shape index (κ2) is 12.9. The van der Waals surface area contributed by atoms with Crippen molar-refractivity contribution in [2.75, 3.05) is 12.3 Å². The molecule has 3 aromatic rings. The minimum Gasteiger partial charge on any atom is -0.392 e. The summed E-state index contributed by atoms with van der Waals surface area (Å²) in [6.07, 6.45) is 1.05. The predicted octanol–water partition coefficient (Wildman–Crippen LogP) is 4.98. The van der Waals surface area contributed by atoms with E-state index in [1.54, 1.807) is 18.0 Å². The first-order valence-electron chi connectivity index (χ1n) is 12.2. The molecule has 0 aliphatic carbocycles. The van der Waals surface area contributed by atoms with Crippen molar-refractivity contribution in [1.82, 2.24) is 15.6 Å². The standard InChI is InChI=1S/C28H33N3O4S/c1-3-29-28(33)31-16-20-7-13-23(14-8-20)27-34-24(18-36-25-6-4-5-15-30-25)19(2)26(35-27)22-11-9-21(17-32)10-12-22/h4-15,19,24,26-27,32H,3,16-18H2,1-2H3,(H2,29,31,33)/t19-,24+,26+,27?/m0/s1. The van der Waals surface area contributed by atoms with Crippen molar-refractivity contribution < 1.29 is 19.4 Å². The van der Waals surface area contributed by atoms with Crippen LogP contribution in [0.4, 0.5) is 4.79 Å². The van der Waals surface area contributed by atoms with E-state index in [-0.39, 0.29) is 30.8 Å². The lowest BCUT2D eigenvalue weighted by atomic mass is 9.91. The topological polar surface area (TPSA) is 92.7 Å². The lowest BCUT2D eigenvalue weighted by Gasteiger charge is -2.41. The van der Waals surface area contributed by atoms with Gasteiger partial charge in [-0.05, 0) is 35.7 Å². The highest BCUT2D eigenvalue weighted by atomic mass is 32.2. The molecule has 0 radical (unpaired) electrons. The number of carbonyl (C=O) groups is 1. The van der Waals surface area contributed by atoms with Gasteiger partial charge in [0.25, 0.3) is 0 Å². The third-order valence-corrected chi connectivity index (χ3v) is 7.23. The number of benzene rings is 2. The number of urea groups is 1. The molecule has 4 rings (SSSR count). The number of carbonyl (C=O) groups excluding carboxylic acids is 1. The van der Waals surface area contributed by atoms with Gasteiger partial charge in [0.2, 0.25) is 0 Å². The number of amides is 2. The summed E-state index contributed by atoms with van der Waals surface area (Å²) in [4.78, 5) is 16.1. The first-order chi connectivity index (χ1) is 17.6. The first-order valence-corrected chi connectivity index (χ1v) is 13.2. The maximum Gasteiger partial charge on any atom is 0.315 e. The number of rotatable bonds is 9.